The molecule has 2 rings (SSSR count). The number of nitrogens with two attached hydrogens (primary N) is 1. The van der Waals surface area contributed by atoms with Crippen molar-refractivity contribution in [2.75, 3.05) is 0 Å². The highest BCUT2D eigenvalue weighted by atomic mass is 79.9. The molecule has 0 atom stereocenters. The molecule has 7 heteroatoms. The molecule has 0 aliphatic heterocycles. The van der Waals surface area contributed by atoms with Crippen LogP contribution >= 0.6 is 15.9 Å². The van der Waals surface area contributed by atoms with E-state index in [1.54, 1.807) is 6.20 Å². The van der Waals surface area contributed by atoms with Gasteiger partial charge in [0.1, 0.15) is 11.6 Å². The van der Waals surface area contributed by atoms with Gasteiger partial charge in [-0.2, -0.15) is 0 Å². The Balaban J connectivity index is 2.32. The summed E-state index contributed by atoms with van der Waals surface area (Å²) < 4.78 is 28.7. The van der Waals surface area contributed by atoms with Gasteiger partial charge < -0.3 is 5.73 Å². The summed E-state index contributed by atoms with van der Waals surface area (Å²) in [4.78, 5) is 0. The van der Waals surface area contributed by atoms with Gasteiger partial charge in [0.2, 0.25) is 0 Å². The second-order valence-corrected chi connectivity index (χ2v) is 4.29. The summed E-state index contributed by atoms with van der Waals surface area (Å²) in [5, 5.41) is 7.48. The molecule has 2 N–H and O–H groups in total. The first-order valence-corrected chi connectivity index (χ1v) is 5.62. The normalized spacial score (nSPS) is 10.8. The first-order chi connectivity index (χ1) is 8.11. The molecule has 4 nitrogen and oxygen atoms in total. The molecule has 0 fully saturated rings. The minimum absolute atomic E-state index is 0.0237. The Morgan fingerprint density at radius 3 is 2.76 bits per heavy atom. The largest absolute Gasteiger partial charge is 0.325 e. The van der Waals surface area contributed by atoms with Crippen LogP contribution in [0.25, 0.3) is 0 Å². The average Bonchev–Trinajstić information content (AvgIpc) is 2.77. The van der Waals surface area contributed by atoms with Crippen LogP contribution in [0, 0.1) is 11.6 Å². The van der Waals surface area contributed by atoms with Crippen molar-refractivity contribution in [2.24, 2.45) is 5.73 Å². The summed E-state index contributed by atoms with van der Waals surface area (Å²) in [6.07, 6.45) is 1.56. The lowest BCUT2D eigenvalue weighted by Gasteiger charge is -2.05. The minimum Gasteiger partial charge on any atom is -0.325 e. The van der Waals surface area contributed by atoms with Crippen LogP contribution < -0.4 is 5.73 Å². The van der Waals surface area contributed by atoms with E-state index in [0.29, 0.717) is 5.69 Å². The molecule has 0 amide bonds. The van der Waals surface area contributed by atoms with Crippen molar-refractivity contribution >= 4 is 15.9 Å². The van der Waals surface area contributed by atoms with E-state index in [2.05, 4.69) is 26.2 Å². The zero-order valence-electron chi connectivity index (χ0n) is 8.70. The van der Waals surface area contributed by atoms with Gasteiger partial charge in [0.05, 0.1) is 22.9 Å². The highest BCUT2D eigenvalue weighted by Gasteiger charge is 2.13. The van der Waals surface area contributed by atoms with Crippen molar-refractivity contribution in [3.8, 4) is 0 Å². The number of benzene rings is 1. The molecular weight excluding hydrogens is 294 g/mol. The maximum Gasteiger partial charge on any atom is 0.145 e. The van der Waals surface area contributed by atoms with Crippen LogP contribution in [0.1, 0.15) is 11.3 Å². The Morgan fingerprint density at radius 2 is 2.12 bits per heavy atom. The van der Waals surface area contributed by atoms with Crippen molar-refractivity contribution in [1.82, 2.24) is 15.0 Å². The van der Waals surface area contributed by atoms with Crippen molar-refractivity contribution < 1.29 is 8.78 Å². The predicted molar refractivity (Wildman–Crippen MR) is 61.1 cm³/mol. The SMILES string of the molecule is NCc1cn(Cc2c(F)ccc(Br)c2F)nn1. The summed E-state index contributed by atoms with van der Waals surface area (Å²) in [6.45, 7) is 0.216. The fraction of sp³-hybridized carbons (Fsp3) is 0.200. The molecule has 1 aromatic carbocycles. The molecule has 2 aromatic rings. The van der Waals surface area contributed by atoms with Crippen LogP contribution in [0.4, 0.5) is 8.78 Å². The van der Waals surface area contributed by atoms with Crippen LogP contribution in [0.15, 0.2) is 22.8 Å². The van der Waals surface area contributed by atoms with Gasteiger partial charge in [0.15, 0.2) is 0 Å². The van der Waals surface area contributed by atoms with E-state index >= 15 is 0 Å². The lowest BCUT2D eigenvalue weighted by Crippen LogP contribution is -2.06. The quantitative estimate of drug-likeness (QED) is 0.880. The highest BCUT2D eigenvalue weighted by Crippen LogP contribution is 2.22. The lowest BCUT2D eigenvalue weighted by atomic mass is 10.2. The molecular formula is C10H9BrF2N4. The van der Waals surface area contributed by atoms with E-state index < -0.39 is 11.6 Å². The first-order valence-electron chi connectivity index (χ1n) is 4.83. The Morgan fingerprint density at radius 1 is 1.35 bits per heavy atom. The number of halogens is 3. The number of rotatable bonds is 3. The zero-order chi connectivity index (χ0) is 12.4. The molecule has 0 saturated carbocycles. The molecule has 0 aliphatic rings. The minimum atomic E-state index is -0.630. The molecule has 0 spiro atoms. The maximum atomic E-state index is 13.7. The summed E-state index contributed by atoms with van der Waals surface area (Å²) in [5.74, 6) is -1.25. The molecule has 0 unspecified atom stereocenters. The summed E-state index contributed by atoms with van der Waals surface area (Å²) in [6, 6.07) is 2.52. The molecule has 1 heterocycles. The predicted octanol–water partition coefficient (Wildman–Crippen LogP) is 1.83. The van der Waals surface area contributed by atoms with E-state index in [9.17, 15) is 8.78 Å². The fourth-order valence-corrected chi connectivity index (χ4v) is 1.76. The topological polar surface area (TPSA) is 56.7 Å². The molecule has 17 heavy (non-hydrogen) atoms. The second kappa shape index (κ2) is 4.89. The van der Waals surface area contributed by atoms with Gasteiger partial charge in [0.25, 0.3) is 0 Å². The van der Waals surface area contributed by atoms with Crippen molar-refractivity contribution in [2.45, 2.75) is 13.1 Å². The van der Waals surface area contributed by atoms with Gasteiger partial charge in [-0.25, -0.2) is 13.5 Å². The number of nitrogens with zero attached hydrogens (tertiary/aromatic N) is 3. The monoisotopic (exact) mass is 302 g/mol. The zero-order valence-corrected chi connectivity index (χ0v) is 10.3. The van der Waals surface area contributed by atoms with Crippen molar-refractivity contribution in [1.29, 1.82) is 0 Å². The van der Waals surface area contributed by atoms with E-state index in [0.717, 1.165) is 0 Å². The number of hydrogen-bond acceptors (Lipinski definition) is 3. The van der Waals surface area contributed by atoms with Crippen molar-refractivity contribution in [3.63, 3.8) is 0 Å². The molecule has 0 aliphatic carbocycles. The van der Waals surface area contributed by atoms with Gasteiger partial charge >= 0.3 is 0 Å². The van der Waals surface area contributed by atoms with Crippen LogP contribution in [0.3, 0.4) is 0 Å². The van der Waals surface area contributed by atoms with E-state index in [-0.39, 0.29) is 23.1 Å². The first kappa shape index (κ1) is 12.1. The summed E-state index contributed by atoms with van der Waals surface area (Å²) in [5.41, 5.74) is 5.88. The van der Waals surface area contributed by atoms with Gasteiger partial charge in [-0.05, 0) is 28.1 Å². The molecule has 0 bridgehead atoms. The lowest BCUT2D eigenvalue weighted by molar-refractivity contribution is 0.524. The third-order valence-corrected chi connectivity index (χ3v) is 2.87. The Labute approximate surface area is 105 Å². The van der Waals surface area contributed by atoms with Crippen LogP contribution in [0.2, 0.25) is 0 Å². The Hall–Kier alpha value is -1.34. The maximum absolute atomic E-state index is 13.7. The van der Waals surface area contributed by atoms with E-state index in [1.165, 1.54) is 16.8 Å². The van der Waals surface area contributed by atoms with Crippen molar-refractivity contribution in [3.05, 3.63) is 45.7 Å². The van der Waals surface area contributed by atoms with Gasteiger partial charge in [-0.3, -0.25) is 0 Å². The van der Waals surface area contributed by atoms with E-state index in [1.807, 2.05) is 0 Å². The number of aromatic nitrogens is 3. The summed E-state index contributed by atoms with van der Waals surface area (Å²) >= 11 is 3.01. The van der Waals surface area contributed by atoms with Crippen LogP contribution in [-0.4, -0.2) is 15.0 Å². The second-order valence-electron chi connectivity index (χ2n) is 3.43. The molecule has 0 saturated heterocycles. The third-order valence-electron chi connectivity index (χ3n) is 2.25. The van der Waals surface area contributed by atoms with Gasteiger partial charge in [0, 0.05) is 12.1 Å². The van der Waals surface area contributed by atoms with Crippen LogP contribution in [-0.2, 0) is 13.1 Å². The summed E-state index contributed by atoms with van der Waals surface area (Å²) in [7, 11) is 0. The Kier molecular flexibility index (Phi) is 3.49. The smallest absolute Gasteiger partial charge is 0.145 e. The average molecular weight is 303 g/mol. The molecule has 1 aromatic heterocycles. The fourth-order valence-electron chi connectivity index (χ4n) is 1.39. The van der Waals surface area contributed by atoms with Crippen LogP contribution in [0.5, 0.6) is 0 Å². The Bertz CT molecular complexity index is 541. The third kappa shape index (κ3) is 2.50. The standard InChI is InChI=1S/C10H9BrF2N4/c11-8-1-2-9(12)7(10(8)13)5-17-4-6(3-14)15-16-17/h1-2,4H,3,5,14H2. The van der Waals surface area contributed by atoms with Gasteiger partial charge in [-0.15, -0.1) is 5.10 Å². The van der Waals surface area contributed by atoms with E-state index in [4.69, 9.17) is 5.73 Å². The number of hydrogen-bond donors (Lipinski definition) is 1. The molecule has 90 valence electrons. The van der Waals surface area contributed by atoms with Gasteiger partial charge in [-0.1, -0.05) is 5.21 Å². The molecule has 0 radical (unpaired) electrons. The highest BCUT2D eigenvalue weighted by molar-refractivity contribution is 9.10.